The number of phenolic OH excluding ortho intramolecular Hbond substituents is 1. The molecule has 1 aliphatic rings. The zero-order valence-electron chi connectivity index (χ0n) is 15.1. The monoisotopic (exact) mass is 385 g/mol. The summed E-state index contributed by atoms with van der Waals surface area (Å²) in [6, 6.07) is 14.3. The number of nitrogens with one attached hydrogen (secondary N) is 2. The van der Waals surface area contributed by atoms with Crippen LogP contribution in [0.5, 0.6) is 11.5 Å². The molecule has 27 heavy (non-hydrogen) atoms. The number of carbonyl (C=O) groups excluding carboxylic acids is 1. The van der Waals surface area contributed by atoms with Crippen LogP contribution in [0.3, 0.4) is 0 Å². The Balaban J connectivity index is 1.49. The van der Waals surface area contributed by atoms with E-state index < -0.39 is 0 Å². The second kappa shape index (κ2) is 8.73. The highest BCUT2D eigenvalue weighted by atomic mass is 32.1. The molecule has 0 aliphatic carbocycles. The number of piperidine rings is 1. The summed E-state index contributed by atoms with van der Waals surface area (Å²) >= 11 is 5.49. The fraction of sp³-hybridized carbons (Fsp3) is 0.300. The molecular formula is C20H23N3O3S. The number of rotatable bonds is 4. The first-order valence-electron chi connectivity index (χ1n) is 8.85. The van der Waals surface area contributed by atoms with Gasteiger partial charge in [-0.1, -0.05) is 12.1 Å². The zero-order chi connectivity index (χ0) is 19.2. The summed E-state index contributed by atoms with van der Waals surface area (Å²) in [5, 5.41) is 16.5. The molecular weight excluding hydrogens is 362 g/mol. The smallest absolute Gasteiger partial charge is 0.227 e. The van der Waals surface area contributed by atoms with Crippen molar-refractivity contribution in [2.45, 2.75) is 12.8 Å². The van der Waals surface area contributed by atoms with E-state index in [-0.39, 0.29) is 17.6 Å². The van der Waals surface area contributed by atoms with Gasteiger partial charge in [0.1, 0.15) is 11.5 Å². The van der Waals surface area contributed by atoms with Crippen LogP contribution in [-0.2, 0) is 4.79 Å². The summed E-state index contributed by atoms with van der Waals surface area (Å²) in [6.45, 7) is 1.42. The molecule has 1 fully saturated rings. The Kier molecular flexibility index (Phi) is 6.13. The van der Waals surface area contributed by atoms with Gasteiger partial charge in [0.2, 0.25) is 5.91 Å². The molecule has 1 heterocycles. The van der Waals surface area contributed by atoms with E-state index in [2.05, 4.69) is 15.5 Å². The van der Waals surface area contributed by atoms with Gasteiger partial charge >= 0.3 is 0 Å². The first-order valence-corrected chi connectivity index (χ1v) is 9.26. The van der Waals surface area contributed by atoms with E-state index in [1.54, 1.807) is 31.4 Å². The summed E-state index contributed by atoms with van der Waals surface area (Å²) in [4.78, 5) is 14.5. The lowest BCUT2D eigenvalue weighted by Crippen LogP contribution is -2.43. The van der Waals surface area contributed by atoms with Crippen molar-refractivity contribution in [2.24, 2.45) is 5.92 Å². The van der Waals surface area contributed by atoms with Gasteiger partial charge in [0.15, 0.2) is 5.11 Å². The standard InChI is InChI=1S/C20H23N3O3S/c1-26-16-8-6-15(7-9-16)21-20(27)23-12-10-14(11-13-23)19(25)22-17-4-2-3-5-18(17)24/h2-9,14,24H,10-13H2,1H3,(H,21,27)(H,22,25). The number of nitrogens with zero attached hydrogens (tertiary/aromatic N) is 1. The van der Waals surface area contributed by atoms with Gasteiger partial charge in [0.05, 0.1) is 12.8 Å². The number of hydrogen-bond donors (Lipinski definition) is 3. The van der Waals surface area contributed by atoms with Crippen molar-refractivity contribution in [2.75, 3.05) is 30.8 Å². The maximum Gasteiger partial charge on any atom is 0.227 e. The highest BCUT2D eigenvalue weighted by molar-refractivity contribution is 7.80. The van der Waals surface area contributed by atoms with Crippen molar-refractivity contribution < 1.29 is 14.6 Å². The number of anilines is 2. The van der Waals surface area contributed by atoms with Crippen molar-refractivity contribution in [1.82, 2.24) is 4.90 Å². The summed E-state index contributed by atoms with van der Waals surface area (Å²) < 4.78 is 5.15. The second-order valence-electron chi connectivity index (χ2n) is 6.43. The van der Waals surface area contributed by atoms with Crippen molar-refractivity contribution in [1.29, 1.82) is 0 Å². The fourth-order valence-electron chi connectivity index (χ4n) is 3.04. The molecule has 0 saturated carbocycles. The molecule has 1 amide bonds. The number of carbonyl (C=O) groups is 1. The average molecular weight is 385 g/mol. The van der Waals surface area contributed by atoms with Gasteiger partial charge in [0, 0.05) is 24.7 Å². The molecule has 6 nitrogen and oxygen atoms in total. The molecule has 1 saturated heterocycles. The Morgan fingerprint density at radius 2 is 1.78 bits per heavy atom. The third-order valence-electron chi connectivity index (χ3n) is 4.66. The number of ether oxygens (including phenoxy) is 1. The van der Waals surface area contributed by atoms with Crippen LogP contribution in [0.2, 0.25) is 0 Å². The molecule has 2 aromatic carbocycles. The largest absolute Gasteiger partial charge is 0.506 e. The van der Waals surface area contributed by atoms with E-state index in [9.17, 15) is 9.90 Å². The summed E-state index contributed by atoms with van der Waals surface area (Å²) in [6.07, 6.45) is 1.42. The predicted octanol–water partition coefficient (Wildman–Crippen LogP) is 3.45. The van der Waals surface area contributed by atoms with E-state index in [4.69, 9.17) is 17.0 Å². The van der Waals surface area contributed by atoms with Crippen molar-refractivity contribution >= 4 is 34.6 Å². The third kappa shape index (κ3) is 4.89. The van der Waals surface area contributed by atoms with Crippen LogP contribution in [0.4, 0.5) is 11.4 Å². The van der Waals surface area contributed by atoms with Gasteiger partial charge in [-0.2, -0.15) is 0 Å². The molecule has 2 aromatic rings. The van der Waals surface area contributed by atoms with Crippen LogP contribution < -0.4 is 15.4 Å². The predicted molar refractivity (Wildman–Crippen MR) is 110 cm³/mol. The lowest BCUT2D eigenvalue weighted by Gasteiger charge is -2.33. The number of hydrogen-bond acceptors (Lipinski definition) is 4. The van der Waals surface area contributed by atoms with Gasteiger partial charge < -0.3 is 25.4 Å². The van der Waals surface area contributed by atoms with Crippen LogP contribution in [-0.4, -0.2) is 41.2 Å². The number of phenols is 1. The van der Waals surface area contributed by atoms with E-state index in [0.29, 0.717) is 36.7 Å². The van der Waals surface area contributed by atoms with Gasteiger partial charge in [-0.3, -0.25) is 4.79 Å². The lowest BCUT2D eigenvalue weighted by atomic mass is 9.96. The van der Waals surface area contributed by atoms with Crippen LogP contribution in [0.15, 0.2) is 48.5 Å². The summed E-state index contributed by atoms with van der Waals surface area (Å²) in [5.41, 5.74) is 1.35. The molecule has 1 aliphatic heterocycles. The zero-order valence-corrected chi connectivity index (χ0v) is 16.0. The van der Waals surface area contributed by atoms with Crippen molar-refractivity contribution in [3.05, 3.63) is 48.5 Å². The number of methoxy groups -OCH3 is 1. The molecule has 7 heteroatoms. The molecule has 0 bridgehead atoms. The van der Waals surface area contributed by atoms with E-state index in [0.717, 1.165) is 11.4 Å². The first-order chi connectivity index (χ1) is 13.1. The molecule has 0 radical (unpaired) electrons. The molecule has 0 unspecified atom stereocenters. The molecule has 142 valence electrons. The molecule has 0 aromatic heterocycles. The first kappa shape index (κ1) is 19.0. The summed E-state index contributed by atoms with van der Waals surface area (Å²) in [7, 11) is 1.63. The molecule has 0 atom stereocenters. The fourth-order valence-corrected chi connectivity index (χ4v) is 3.34. The lowest BCUT2D eigenvalue weighted by molar-refractivity contribution is -0.121. The minimum absolute atomic E-state index is 0.0646. The van der Waals surface area contributed by atoms with Gasteiger partial charge in [-0.15, -0.1) is 0 Å². The molecule has 0 spiro atoms. The van der Waals surface area contributed by atoms with Crippen LogP contribution in [0.25, 0.3) is 0 Å². The molecule has 3 N–H and O–H groups in total. The average Bonchev–Trinajstić information content (AvgIpc) is 2.70. The quantitative estimate of drug-likeness (QED) is 0.553. The van der Waals surface area contributed by atoms with Crippen LogP contribution >= 0.6 is 12.2 Å². The number of likely N-dealkylation sites (tertiary alicyclic amines) is 1. The maximum absolute atomic E-state index is 12.4. The Hall–Kier alpha value is -2.80. The van der Waals surface area contributed by atoms with E-state index in [1.807, 2.05) is 24.3 Å². The summed E-state index contributed by atoms with van der Waals surface area (Å²) in [5.74, 6) is 0.714. The molecule has 3 rings (SSSR count). The number of amides is 1. The van der Waals surface area contributed by atoms with Gasteiger partial charge in [-0.25, -0.2) is 0 Å². The minimum Gasteiger partial charge on any atom is -0.506 e. The van der Waals surface area contributed by atoms with Crippen LogP contribution in [0, 0.1) is 5.92 Å². The second-order valence-corrected chi connectivity index (χ2v) is 6.81. The van der Waals surface area contributed by atoms with Crippen molar-refractivity contribution in [3.8, 4) is 11.5 Å². The Morgan fingerprint density at radius 3 is 2.41 bits per heavy atom. The maximum atomic E-state index is 12.4. The number of benzene rings is 2. The highest BCUT2D eigenvalue weighted by Crippen LogP contribution is 2.25. The van der Waals surface area contributed by atoms with Crippen molar-refractivity contribution in [3.63, 3.8) is 0 Å². The Bertz CT molecular complexity index is 802. The Morgan fingerprint density at radius 1 is 1.11 bits per heavy atom. The van der Waals surface area contributed by atoms with Crippen LogP contribution in [0.1, 0.15) is 12.8 Å². The Labute approximate surface area is 164 Å². The SMILES string of the molecule is COc1ccc(NC(=S)N2CCC(C(=O)Nc3ccccc3O)CC2)cc1. The minimum atomic E-state index is -0.0929. The van der Waals surface area contributed by atoms with E-state index >= 15 is 0 Å². The third-order valence-corrected chi connectivity index (χ3v) is 5.02. The topological polar surface area (TPSA) is 73.8 Å². The highest BCUT2D eigenvalue weighted by Gasteiger charge is 2.26. The normalized spacial score (nSPS) is 14.5. The number of thiocarbonyl (C=S) groups is 1. The number of para-hydroxylation sites is 2. The number of aromatic hydroxyl groups is 1. The van der Waals surface area contributed by atoms with E-state index in [1.165, 1.54) is 0 Å². The van der Waals surface area contributed by atoms with Gasteiger partial charge in [0.25, 0.3) is 0 Å². The van der Waals surface area contributed by atoms with Gasteiger partial charge in [-0.05, 0) is 61.5 Å².